The van der Waals surface area contributed by atoms with Crippen LogP contribution in [0.25, 0.3) is 5.69 Å². The molecule has 0 aliphatic heterocycles. The lowest BCUT2D eigenvalue weighted by Gasteiger charge is -2.02. The van der Waals surface area contributed by atoms with Crippen LogP contribution in [0.4, 0.5) is 0 Å². The topological polar surface area (TPSA) is 50.9 Å². The SMILES string of the molecule is C=CCC(O)c1cn(-c2ccc(Cl)cc2)nn1. The maximum absolute atomic E-state index is 9.72. The number of benzene rings is 1. The van der Waals surface area contributed by atoms with Crippen molar-refractivity contribution < 1.29 is 5.11 Å². The van der Waals surface area contributed by atoms with E-state index in [9.17, 15) is 5.11 Å². The number of aliphatic hydroxyl groups excluding tert-OH is 1. The van der Waals surface area contributed by atoms with Crippen molar-refractivity contribution in [2.24, 2.45) is 0 Å². The maximum atomic E-state index is 9.72. The van der Waals surface area contributed by atoms with Crippen LogP contribution >= 0.6 is 11.6 Å². The van der Waals surface area contributed by atoms with Gasteiger partial charge in [-0.3, -0.25) is 0 Å². The number of nitrogens with zero attached hydrogens (tertiary/aromatic N) is 3. The highest BCUT2D eigenvalue weighted by atomic mass is 35.5. The molecule has 0 fully saturated rings. The maximum Gasteiger partial charge on any atom is 0.112 e. The van der Waals surface area contributed by atoms with Gasteiger partial charge in [-0.1, -0.05) is 22.9 Å². The number of aromatic nitrogens is 3. The second kappa shape index (κ2) is 5.12. The fourth-order valence-electron chi connectivity index (χ4n) is 1.43. The molecule has 2 rings (SSSR count). The van der Waals surface area contributed by atoms with Crippen molar-refractivity contribution in [3.05, 3.63) is 53.8 Å². The van der Waals surface area contributed by atoms with E-state index in [2.05, 4.69) is 16.9 Å². The first-order chi connectivity index (χ1) is 8.20. The van der Waals surface area contributed by atoms with E-state index in [-0.39, 0.29) is 0 Å². The Morgan fingerprint density at radius 1 is 1.41 bits per heavy atom. The molecule has 0 bridgehead atoms. The summed E-state index contributed by atoms with van der Waals surface area (Å²) in [7, 11) is 0. The molecule has 0 saturated carbocycles. The van der Waals surface area contributed by atoms with Crippen molar-refractivity contribution in [3.63, 3.8) is 0 Å². The normalized spacial score (nSPS) is 12.4. The van der Waals surface area contributed by atoms with Gasteiger partial charge in [0.25, 0.3) is 0 Å². The van der Waals surface area contributed by atoms with Crippen LogP contribution in [0.5, 0.6) is 0 Å². The van der Waals surface area contributed by atoms with Gasteiger partial charge in [0.05, 0.1) is 11.9 Å². The zero-order valence-electron chi connectivity index (χ0n) is 9.12. The predicted molar refractivity (Wildman–Crippen MR) is 66.1 cm³/mol. The summed E-state index contributed by atoms with van der Waals surface area (Å²) in [4.78, 5) is 0. The molecule has 5 heteroatoms. The summed E-state index contributed by atoms with van der Waals surface area (Å²) < 4.78 is 1.60. The predicted octanol–water partition coefficient (Wildman–Crippen LogP) is 2.53. The summed E-state index contributed by atoms with van der Waals surface area (Å²) in [5.74, 6) is 0. The zero-order chi connectivity index (χ0) is 12.3. The first-order valence-electron chi connectivity index (χ1n) is 5.18. The minimum atomic E-state index is -0.659. The molecule has 1 N–H and O–H groups in total. The number of halogens is 1. The van der Waals surface area contributed by atoms with E-state index >= 15 is 0 Å². The average molecular weight is 250 g/mol. The number of hydrogen-bond donors (Lipinski definition) is 1. The highest BCUT2D eigenvalue weighted by Crippen LogP contribution is 2.16. The van der Waals surface area contributed by atoms with Gasteiger partial charge < -0.3 is 5.11 Å². The van der Waals surface area contributed by atoms with E-state index in [0.717, 1.165) is 5.69 Å². The van der Waals surface area contributed by atoms with Gasteiger partial charge in [-0.25, -0.2) is 4.68 Å². The van der Waals surface area contributed by atoms with Gasteiger partial charge in [0.2, 0.25) is 0 Å². The standard InChI is InChI=1S/C12H12ClN3O/c1-2-3-12(17)11-8-16(15-14-11)10-6-4-9(13)5-7-10/h2,4-8,12,17H,1,3H2. The molecule has 17 heavy (non-hydrogen) atoms. The molecule has 1 aromatic heterocycles. The smallest absolute Gasteiger partial charge is 0.112 e. The fourth-order valence-corrected chi connectivity index (χ4v) is 1.55. The Hall–Kier alpha value is -1.65. The van der Waals surface area contributed by atoms with E-state index in [4.69, 9.17) is 11.6 Å². The molecule has 1 atom stereocenters. The number of hydrogen-bond acceptors (Lipinski definition) is 3. The Kier molecular flexibility index (Phi) is 3.56. The molecule has 1 heterocycles. The van der Waals surface area contributed by atoms with E-state index in [1.54, 1.807) is 29.1 Å². The van der Waals surface area contributed by atoms with Crippen molar-refractivity contribution in [2.45, 2.75) is 12.5 Å². The van der Waals surface area contributed by atoms with Crippen LogP contribution in [-0.2, 0) is 0 Å². The van der Waals surface area contributed by atoms with Gasteiger partial charge in [-0.05, 0) is 30.7 Å². The Labute approximate surface area is 104 Å². The summed E-state index contributed by atoms with van der Waals surface area (Å²) in [6.45, 7) is 3.57. The van der Waals surface area contributed by atoms with Gasteiger partial charge in [0, 0.05) is 5.02 Å². The molecule has 4 nitrogen and oxygen atoms in total. The van der Waals surface area contributed by atoms with Crippen LogP contribution in [0.3, 0.4) is 0 Å². The lowest BCUT2D eigenvalue weighted by atomic mass is 10.2. The third kappa shape index (κ3) is 2.72. The summed E-state index contributed by atoms with van der Waals surface area (Å²) >= 11 is 5.80. The van der Waals surface area contributed by atoms with E-state index < -0.39 is 6.10 Å². The Morgan fingerprint density at radius 3 is 2.76 bits per heavy atom. The molecular formula is C12H12ClN3O. The Balaban J connectivity index is 2.23. The fraction of sp³-hybridized carbons (Fsp3) is 0.167. The summed E-state index contributed by atoms with van der Waals surface area (Å²) in [6.07, 6.45) is 3.14. The Bertz CT molecular complexity index is 507. The van der Waals surface area contributed by atoms with Crippen LogP contribution < -0.4 is 0 Å². The van der Waals surface area contributed by atoms with Gasteiger partial charge in [-0.15, -0.1) is 11.7 Å². The molecule has 1 aromatic carbocycles. The first-order valence-corrected chi connectivity index (χ1v) is 5.55. The zero-order valence-corrected chi connectivity index (χ0v) is 9.88. The molecular weight excluding hydrogens is 238 g/mol. The second-order valence-corrected chi connectivity index (χ2v) is 4.04. The van der Waals surface area contributed by atoms with Crippen LogP contribution in [0.2, 0.25) is 5.02 Å². The molecule has 88 valence electrons. The van der Waals surface area contributed by atoms with Crippen molar-refractivity contribution in [1.82, 2.24) is 15.0 Å². The lowest BCUT2D eigenvalue weighted by molar-refractivity contribution is 0.176. The van der Waals surface area contributed by atoms with Crippen LogP contribution in [-0.4, -0.2) is 20.1 Å². The Morgan fingerprint density at radius 2 is 2.12 bits per heavy atom. The number of rotatable bonds is 4. The largest absolute Gasteiger partial charge is 0.386 e. The average Bonchev–Trinajstić information content (AvgIpc) is 2.80. The summed E-state index contributed by atoms with van der Waals surface area (Å²) in [5, 5.41) is 18.2. The van der Waals surface area contributed by atoms with Gasteiger partial charge >= 0.3 is 0 Å². The van der Waals surface area contributed by atoms with Crippen LogP contribution in [0, 0.1) is 0 Å². The van der Waals surface area contributed by atoms with Gasteiger partial charge in [-0.2, -0.15) is 0 Å². The number of aliphatic hydroxyl groups is 1. The highest BCUT2D eigenvalue weighted by Gasteiger charge is 2.10. The van der Waals surface area contributed by atoms with Crippen molar-refractivity contribution in [1.29, 1.82) is 0 Å². The molecule has 0 saturated heterocycles. The van der Waals surface area contributed by atoms with Crippen molar-refractivity contribution >= 4 is 11.6 Å². The van der Waals surface area contributed by atoms with Crippen molar-refractivity contribution in [2.75, 3.05) is 0 Å². The molecule has 0 aliphatic rings. The van der Waals surface area contributed by atoms with E-state index in [1.165, 1.54) is 0 Å². The van der Waals surface area contributed by atoms with E-state index in [0.29, 0.717) is 17.1 Å². The molecule has 2 aromatic rings. The first kappa shape index (κ1) is 11.8. The molecule has 0 aliphatic carbocycles. The van der Waals surface area contributed by atoms with E-state index in [1.807, 2.05) is 12.1 Å². The molecule has 0 spiro atoms. The third-order valence-electron chi connectivity index (χ3n) is 2.33. The summed E-state index contributed by atoms with van der Waals surface area (Å²) in [5.41, 5.74) is 1.37. The second-order valence-electron chi connectivity index (χ2n) is 3.60. The quantitative estimate of drug-likeness (QED) is 0.848. The minimum Gasteiger partial charge on any atom is -0.386 e. The van der Waals surface area contributed by atoms with Gasteiger partial charge in [0.15, 0.2) is 0 Å². The van der Waals surface area contributed by atoms with Gasteiger partial charge in [0.1, 0.15) is 11.8 Å². The third-order valence-corrected chi connectivity index (χ3v) is 2.59. The highest BCUT2D eigenvalue weighted by molar-refractivity contribution is 6.30. The lowest BCUT2D eigenvalue weighted by Crippen LogP contribution is -1.95. The van der Waals surface area contributed by atoms with Crippen LogP contribution in [0.15, 0.2) is 43.1 Å². The summed E-state index contributed by atoms with van der Waals surface area (Å²) in [6, 6.07) is 7.22. The minimum absolute atomic E-state index is 0.458. The molecule has 1 unspecified atom stereocenters. The van der Waals surface area contributed by atoms with Crippen LogP contribution in [0.1, 0.15) is 18.2 Å². The molecule has 0 amide bonds. The van der Waals surface area contributed by atoms with Crippen molar-refractivity contribution in [3.8, 4) is 5.69 Å². The molecule has 0 radical (unpaired) electrons. The monoisotopic (exact) mass is 249 g/mol.